The molecule has 0 spiro atoms. The number of rotatable bonds is 6. The lowest BCUT2D eigenvalue weighted by Gasteiger charge is -2.11. The number of ether oxygens (including phenoxy) is 1. The van der Waals surface area contributed by atoms with Crippen molar-refractivity contribution in [3.63, 3.8) is 0 Å². The fourth-order valence-electron chi connectivity index (χ4n) is 2.11. The first kappa shape index (κ1) is 18.1. The number of carbonyl (C=O) groups excluding carboxylic acids is 2. The van der Waals surface area contributed by atoms with Crippen LogP contribution >= 0.6 is 11.8 Å². The Bertz CT molecular complexity index is 711. The van der Waals surface area contributed by atoms with Crippen LogP contribution in [0.4, 0.5) is 5.69 Å². The van der Waals surface area contributed by atoms with Gasteiger partial charge in [0, 0.05) is 15.8 Å². The first-order valence-corrected chi connectivity index (χ1v) is 8.73. The van der Waals surface area contributed by atoms with Gasteiger partial charge in [0.25, 0.3) is 5.91 Å². The van der Waals surface area contributed by atoms with Gasteiger partial charge in [0.1, 0.15) is 0 Å². The van der Waals surface area contributed by atoms with E-state index in [1.54, 1.807) is 43.0 Å². The van der Waals surface area contributed by atoms with Crippen LogP contribution in [0.25, 0.3) is 0 Å². The highest BCUT2D eigenvalue weighted by Crippen LogP contribution is 2.27. The van der Waals surface area contributed by atoms with E-state index >= 15 is 0 Å². The van der Waals surface area contributed by atoms with Gasteiger partial charge in [-0.15, -0.1) is 11.8 Å². The number of thioether (sulfide) groups is 1. The Morgan fingerprint density at radius 2 is 1.75 bits per heavy atom. The molecule has 4 nitrogen and oxygen atoms in total. The van der Waals surface area contributed by atoms with E-state index in [9.17, 15) is 9.59 Å². The minimum Gasteiger partial charge on any atom is -0.462 e. The number of anilines is 1. The molecule has 2 rings (SSSR count). The number of carbonyl (C=O) groups is 2. The second kappa shape index (κ2) is 8.55. The second-order valence-electron chi connectivity index (χ2n) is 5.41. The SMILES string of the molecule is CCOC(=O)c1ccc(NC(=O)c2ccccc2SC(C)C)cc1. The van der Waals surface area contributed by atoms with Crippen molar-refractivity contribution in [2.45, 2.75) is 30.9 Å². The molecule has 0 aromatic heterocycles. The van der Waals surface area contributed by atoms with E-state index < -0.39 is 0 Å². The lowest BCUT2D eigenvalue weighted by atomic mass is 10.2. The van der Waals surface area contributed by atoms with Crippen LogP contribution in [0.1, 0.15) is 41.5 Å². The van der Waals surface area contributed by atoms with Crippen molar-refractivity contribution in [3.8, 4) is 0 Å². The zero-order chi connectivity index (χ0) is 17.5. The summed E-state index contributed by atoms with van der Waals surface area (Å²) in [4.78, 5) is 25.1. The molecule has 1 N–H and O–H groups in total. The summed E-state index contributed by atoms with van der Waals surface area (Å²) < 4.78 is 4.94. The molecule has 0 unspecified atom stereocenters. The Hall–Kier alpha value is -2.27. The molecule has 0 saturated heterocycles. The summed E-state index contributed by atoms with van der Waals surface area (Å²) in [5, 5.41) is 3.26. The number of esters is 1. The van der Waals surface area contributed by atoms with Crippen molar-refractivity contribution >= 4 is 29.3 Å². The zero-order valence-electron chi connectivity index (χ0n) is 14.0. The van der Waals surface area contributed by atoms with Gasteiger partial charge >= 0.3 is 5.97 Å². The molecule has 0 heterocycles. The third kappa shape index (κ3) is 4.86. The maximum Gasteiger partial charge on any atom is 0.338 e. The maximum atomic E-state index is 12.5. The smallest absolute Gasteiger partial charge is 0.338 e. The molecule has 24 heavy (non-hydrogen) atoms. The monoisotopic (exact) mass is 343 g/mol. The van der Waals surface area contributed by atoms with E-state index in [0.717, 1.165) is 4.90 Å². The van der Waals surface area contributed by atoms with Gasteiger partial charge < -0.3 is 10.1 Å². The van der Waals surface area contributed by atoms with E-state index in [0.29, 0.717) is 28.7 Å². The van der Waals surface area contributed by atoms with Crippen LogP contribution in [0, 0.1) is 0 Å². The van der Waals surface area contributed by atoms with Gasteiger partial charge in [-0.2, -0.15) is 0 Å². The predicted molar refractivity (Wildman–Crippen MR) is 97.8 cm³/mol. The third-order valence-corrected chi connectivity index (χ3v) is 4.23. The van der Waals surface area contributed by atoms with Crippen molar-refractivity contribution in [1.82, 2.24) is 0 Å². The Balaban J connectivity index is 2.11. The molecule has 0 radical (unpaired) electrons. The van der Waals surface area contributed by atoms with Crippen LogP contribution in [0.5, 0.6) is 0 Å². The fraction of sp³-hybridized carbons (Fsp3) is 0.263. The van der Waals surface area contributed by atoms with E-state index in [1.165, 1.54) is 0 Å². The van der Waals surface area contributed by atoms with Gasteiger partial charge in [-0.05, 0) is 43.3 Å². The van der Waals surface area contributed by atoms with Crippen LogP contribution in [0.15, 0.2) is 53.4 Å². The van der Waals surface area contributed by atoms with Crippen molar-refractivity contribution in [2.75, 3.05) is 11.9 Å². The van der Waals surface area contributed by atoms with Crippen LogP contribution in [-0.2, 0) is 4.74 Å². The highest BCUT2D eigenvalue weighted by Gasteiger charge is 2.13. The Morgan fingerprint density at radius 3 is 2.38 bits per heavy atom. The summed E-state index contributed by atoms with van der Waals surface area (Å²) in [5.74, 6) is -0.531. The topological polar surface area (TPSA) is 55.4 Å². The maximum absolute atomic E-state index is 12.5. The Labute approximate surface area is 146 Å². The molecular weight excluding hydrogens is 322 g/mol. The van der Waals surface area contributed by atoms with E-state index in [2.05, 4.69) is 19.2 Å². The van der Waals surface area contributed by atoms with Gasteiger partial charge in [0.15, 0.2) is 0 Å². The molecule has 0 bridgehead atoms. The lowest BCUT2D eigenvalue weighted by Crippen LogP contribution is -2.13. The quantitative estimate of drug-likeness (QED) is 0.614. The first-order chi connectivity index (χ1) is 11.5. The fourth-order valence-corrected chi connectivity index (χ4v) is 3.07. The number of benzene rings is 2. The molecule has 0 aliphatic heterocycles. The van der Waals surface area contributed by atoms with Gasteiger partial charge in [-0.25, -0.2) is 4.79 Å². The molecule has 0 fully saturated rings. The summed E-state index contributed by atoms with van der Waals surface area (Å²) in [6, 6.07) is 14.2. The van der Waals surface area contributed by atoms with Gasteiger partial charge in [0.2, 0.25) is 0 Å². The number of hydrogen-bond acceptors (Lipinski definition) is 4. The van der Waals surface area contributed by atoms with E-state index in [-0.39, 0.29) is 11.9 Å². The van der Waals surface area contributed by atoms with Crippen molar-refractivity contribution < 1.29 is 14.3 Å². The summed E-state index contributed by atoms with van der Waals surface area (Å²) in [6.07, 6.45) is 0. The van der Waals surface area contributed by atoms with E-state index in [4.69, 9.17) is 4.74 Å². The highest BCUT2D eigenvalue weighted by atomic mass is 32.2. The number of nitrogens with one attached hydrogen (secondary N) is 1. The van der Waals surface area contributed by atoms with Crippen molar-refractivity contribution in [2.24, 2.45) is 0 Å². The average Bonchev–Trinajstić information content (AvgIpc) is 2.55. The largest absolute Gasteiger partial charge is 0.462 e. The Morgan fingerprint density at radius 1 is 1.08 bits per heavy atom. The minimum atomic E-state index is -0.367. The zero-order valence-corrected chi connectivity index (χ0v) is 14.9. The van der Waals surface area contributed by atoms with Crippen LogP contribution in [-0.4, -0.2) is 23.7 Å². The second-order valence-corrected chi connectivity index (χ2v) is 7.03. The van der Waals surface area contributed by atoms with Crippen LogP contribution < -0.4 is 5.32 Å². The summed E-state index contributed by atoms with van der Waals surface area (Å²) in [7, 11) is 0. The van der Waals surface area contributed by atoms with Crippen molar-refractivity contribution in [1.29, 1.82) is 0 Å². The molecule has 0 aliphatic rings. The number of hydrogen-bond donors (Lipinski definition) is 1. The third-order valence-electron chi connectivity index (χ3n) is 3.15. The highest BCUT2D eigenvalue weighted by molar-refractivity contribution is 8.00. The first-order valence-electron chi connectivity index (χ1n) is 7.85. The molecule has 0 aliphatic carbocycles. The molecule has 0 saturated carbocycles. The lowest BCUT2D eigenvalue weighted by molar-refractivity contribution is 0.0526. The molecule has 1 amide bonds. The molecular formula is C19H21NO3S. The molecule has 2 aromatic carbocycles. The molecule has 5 heteroatoms. The molecule has 126 valence electrons. The predicted octanol–water partition coefficient (Wildman–Crippen LogP) is 4.62. The van der Waals surface area contributed by atoms with Gasteiger partial charge in [-0.3, -0.25) is 4.79 Å². The normalized spacial score (nSPS) is 10.5. The summed E-state index contributed by atoms with van der Waals surface area (Å²) >= 11 is 1.65. The average molecular weight is 343 g/mol. The minimum absolute atomic E-state index is 0.164. The van der Waals surface area contributed by atoms with Gasteiger partial charge in [-0.1, -0.05) is 26.0 Å². The Kier molecular flexibility index (Phi) is 6.44. The van der Waals surface area contributed by atoms with Crippen LogP contribution in [0.3, 0.4) is 0 Å². The summed E-state index contributed by atoms with van der Waals surface area (Å²) in [6.45, 7) is 6.28. The van der Waals surface area contributed by atoms with Crippen molar-refractivity contribution in [3.05, 3.63) is 59.7 Å². The molecule has 2 aromatic rings. The molecule has 0 atom stereocenters. The van der Waals surface area contributed by atoms with Gasteiger partial charge in [0.05, 0.1) is 17.7 Å². The van der Waals surface area contributed by atoms with E-state index in [1.807, 2.05) is 24.3 Å². The standard InChI is InChI=1S/C19H21NO3S/c1-4-23-19(22)14-9-11-15(12-10-14)20-18(21)16-7-5-6-8-17(16)24-13(2)3/h5-13H,4H2,1-3H3,(H,20,21). The van der Waals surface area contributed by atoms with Crippen LogP contribution in [0.2, 0.25) is 0 Å². The number of amides is 1. The summed E-state index contributed by atoms with van der Waals surface area (Å²) in [5.41, 5.74) is 1.74.